The fourth-order valence-electron chi connectivity index (χ4n) is 1.46. The molecule has 5 nitrogen and oxygen atoms in total. The van der Waals surface area contributed by atoms with Crippen molar-refractivity contribution in [3.63, 3.8) is 0 Å². The van der Waals surface area contributed by atoms with Gasteiger partial charge in [0.2, 0.25) is 0 Å². The highest BCUT2D eigenvalue weighted by Gasteiger charge is 2.13. The maximum absolute atomic E-state index is 11.2. The highest BCUT2D eigenvalue weighted by molar-refractivity contribution is 7.99. The fraction of sp³-hybridized carbons (Fsp3) is 0.636. The second-order valence-corrected chi connectivity index (χ2v) is 4.86. The molecule has 0 unspecified atom stereocenters. The van der Waals surface area contributed by atoms with Gasteiger partial charge in [0.15, 0.2) is 0 Å². The number of esters is 2. The van der Waals surface area contributed by atoms with E-state index in [4.69, 9.17) is 4.74 Å². The number of thioether (sulfide) groups is 1. The lowest BCUT2D eigenvalue weighted by molar-refractivity contribution is -0.896. The topological polar surface area (TPSA) is 57.0 Å². The van der Waals surface area contributed by atoms with Gasteiger partial charge in [-0.1, -0.05) is 0 Å². The van der Waals surface area contributed by atoms with Gasteiger partial charge in [-0.2, -0.15) is 11.8 Å². The summed E-state index contributed by atoms with van der Waals surface area (Å²) in [6.07, 6.45) is 2.15. The van der Waals surface area contributed by atoms with Gasteiger partial charge in [-0.25, -0.2) is 9.59 Å². The molecule has 1 rings (SSSR count). The summed E-state index contributed by atoms with van der Waals surface area (Å²) in [7, 11) is 1.26. The van der Waals surface area contributed by atoms with E-state index in [0.29, 0.717) is 6.61 Å². The first-order valence-electron chi connectivity index (χ1n) is 5.56. The van der Waals surface area contributed by atoms with Crippen molar-refractivity contribution in [3.8, 4) is 0 Å². The van der Waals surface area contributed by atoms with Gasteiger partial charge in [-0.3, -0.25) is 0 Å². The van der Waals surface area contributed by atoms with E-state index >= 15 is 0 Å². The molecule has 0 aromatic heterocycles. The van der Waals surface area contributed by atoms with Crippen LogP contribution >= 0.6 is 11.8 Å². The van der Waals surface area contributed by atoms with Gasteiger partial charge in [-0.05, 0) is 0 Å². The quantitative estimate of drug-likeness (QED) is 0.502. The Hall–Kier alpha value is -1.01. The molecule has 0 aromatic carbocycles. The number of methoxy groups -OCH3 is 1. The number of rotatable bonds is 5. The SMILES string of the molecule is COC(=O)/C=C/C(=O)OCC[NH+]1CCSCC1. The van der Waals surface area contributed by atoms with Crippen LogP contribution < -0.4 is 4.90 Å². The summed E-state index contributed by atoms with van der Waals surface area (Å²) >= 11 is 1.96. The van der Waals surface area contributed by atoms with Crippen LogP contribution in [0, 0.1) is 0 Å². The number of nitrogens with one attached hydrogen (secondary N) is 1. The van der Waals surface area contributed by atoms with Crippen LogP contribution in [-0.2, 0) is 19.1 Å². The van der Waals surface area contributed by atoms with Crippen LogP contribution in [0.4, 0.5) is 0 Å². The Bertz CT molecular complexity index is 287. The number of quaternary nitrogens is 1. The highest BCUT2D eigenvalue weighted by atomic mass is 32.2. The Morgan fingerprint density at radius 1 is 1.24 bits per heavy atom. The molecule has 0 aromatic rings. The third-order valence-electron chi connectivity index (χ3n) is 2.46. The third kappa shape index (κ3) is 6.33. The van der Waals surface area contributed by atoms with Gasteiger partial charge in [0, 0.05) is 23.7 Å². The van der Waals surface area contributed by atoms with E-state index in [1.54, 1.807) is 0 Å². The van der Waals surface area contributed by atoms with Gasteiger partial charge in [0.1, 0.15) is 13.2 Å². The van der Waals surface area contributed by atoms with Crippen molar-refractivity contribution in [1.29, 1.82) is 0 Å². The van der Waals surface area contributed by atoms with Gasteiger partial charge in [0.05, 0.1) is 20.2 Å². The lowest BCUT2D eigenvalue weighted by Gasteiger charge is -2.22. The van der Waals surface area contributed by atoms with Crippen LogP contribution in [0.3, 0.4) is 0 Å². The molecule has 6 heteroatoms. The highest BCUT2D eigenvalue weighted by Crippen LogP contribution is 1.97. The zero-order valence-corrected chi connectivity index (χ0v) is 10.8. The monoisotopic (exact) mass is 260 g/mol. The number of carbonyl (C=O) groups excluding carboxylic acids is 2. The minimum absolute atomic E-state index is 0.393. The summed E-state index contributed by atoms with van der Waals surface area (Å²) in [5, 5.41) is 0. The molecule has 1 aliphatic rings. The Labute approximate surface area is 105 Å². The number of hydrogen-bond acceptors (Lipinski definition) is 5. The third-order valence-corrected chi connectivity index (χ3v) is 3.44. The van der Waals surface area contributed by atoms with Crippen molar-refractivity contribution in [3.05, 3.63) is 12.2 Å². The largest absolute Gasteiger partial charge is 0.466 e. The van der Waals surface area contributed by atoms with Gasteiger partial charge in [-0.15, -0.1) is 0 Å². The van der Waals surface area contributed by atoms with E-state index in [9.17, 15) is 9.59 Å². The average molecular weight is 260 g/mol. The first kappa shape index (κ1) is 14.1. The van der Waals surface area contributed by atoms with Crippen molar-refractivity contribution in [2.75, 3.05) is 44.9 Å². The fourth-order valence-corrected chi connectivity index (χ4v) is 2.53. The first-order valence-corrected chi connectivity index (χ1v) is 6.72. The molecular weight excluding hydrogens is 242 g/mol. The number of ether oxygens (including phenoxy) is 2. The molecule has 0 bridgehead atoms. The van der Waals surface area contributed by atoms with Crippen molar-refractivity contribution >= 4 is 23.7 Å². The van der Waals surface area contributed by atoms with Crippen molar-refractivity contribution in [2.45, 2.75) is 0 Å². The normalized spacial score (nSPS) is 17.0. The van der Waals surface area contributed by atoms with E-state index in [0.717, 1.165) is 31.8 Å². The molecule has 0 radical (unpaired) electrons. The molecule has 0 amide bonds. The molecule has 1 aliphatic heterocycles. The molecule has 1 saturated heterocycles. The predicted octanol–water partition coefficient (Wildman–Crippen LogP) is -1.11. The van der Waals surface area contributed by atoms with Gasteiger partial charge < -0.3 is 14.4 Å². The van der Waals surface area contributed by atoms with Gasteiger partial charge >= 0.3 is 11.9 Å². The van der Waals surface area contributed by atoms with Crippen LogP contribution in [0.5, 0.6) is 0 Å². The van der Waals surface area contributed by atoms with E-state index in [2.05, 4.69) is 4.74 Å². The Kier molecular flexibility index (Phi) is 6.73. The molecule has 1 heterocycles. The van der Waals surface area contributed by atoms with Crippen LogP contribution in [0.1, 0.15) is 0 Å². The molecular formula is C11H18NO4S+. The molecule has 17 heavy (non-hydrogen) atoms. The molecule has 1 N–H and O–H groups in total. The second kappa shape index (κ2) is 8.14. The summed E-state index contributed by atoms with van der Waals surface area (Å²) in [6.45, 7) is 3.48. The van der Waals surface area contributed by atoms with E-state index in [1.165, 1.54) is 23.5 Å². The Balaban J connectivity index is 2.11. The van der Waals surface area contributed by atoms with Crippen LogP contribution in [0.15, 0.2) is 12.2 Å². The van der Waals surface area contributed by atoms with Crippen molar-refractivity contribution < 1.29 is 24.0 Å². The van der Waals surface area contributed by atoms with E-state index < -0.39 is 11.9 Å². The summed E-state index contributed by atoms with van der Waals surface area (Å²) in [6, 6.07) is 0. The minimum atomic E-state index is -0.555. The average Bonchev–Trinajstić information content (AvgIpc) is 2.37. The summed E-state index contributed by atoms with van der Waals surface area (Å²) in [5.41, 5.74) is 0. The smallest absolute Gasteiger partial charge is 0.331 e. The van der Waals surface area contributed by atoms with Crippen LogP contribution in [0.2, 0.25) is 0 Å². The van der Waals surface area contributed by atoms with Crippen molar-refractivity contribution in [2.24, 2.45) is 0 Å². The first-order chi connectivity index (χ1) is 8.22. The second-order valence-electron chi connectivity index (χ2n) is 3.64. The Morgan fingerprint density at radius 3 is 2.53 bits per heavy atom. The summed E-state index contributed by atoms with van der Waals surface area (Å²) in [5.74, 6) is 1.29. The number of hydrogen-bond donors (Lipinski definition) is 1. The summed E-state index contributed by atoms with van der Waals surface area (Å²) in [4.78, 5) is 23.4. The molecule has 0 spiro atoms. The molecule has 0 saturated carbocycles. The van der Waals surface area contributed by atoms with Crippen molar-refractivity contribution in [1.82, 2.24) is 0 Å². The zero-order valence-electron chi connectivity index (χ0n) is 9.94. The molecule has 0 atom stereocenters. The lowest BCUT2D eigenvalue weighted by atomic mass is 10.4. The minimum Gasteiger partial charge on any atom is -0.466 e. The van der Waals surface area contributed by atoms with E-state index in [1.807, 2.05) is 11.8 Å². The van der Waals surface area contributed by atoms with Crippen LogP contribution in [0.25, 0.3) is 0 Å². The standard InChI is InChI=1S/C11H17NO4S/c1-15-10(13)2-3-11(14)16-7-4-12-5-8-17-9-6-12/h2-3H,4-9H2,1H3/p+1/b3-2+. The number of carbonyl (C=O) groups is 2. The summed E-state index contributed by atoms with van der Waals surface area (Å²) < 4.78 is 9.34. The maximum atomic E-state index is 11.2. The lowest BCUT2D eigenvalue weighted by Crippen LogP contribution is -3.14. The van der Waals surface area contributed by atoms with Gasteiger partial charge in [0.25, 0.3) is 0 Å². The molecule has 0 aliphatic carbocycles. The van der Waals surface area contributed by atoms with E-state index in [-0.39, 0.29) is 0 Å². The maximum Gasteiger partial charge on any atom is 0.331 e. The molecule has 96 valence electrons. The Morgan fingerprint density at radius 2 is 1.88 bits per heavy atom. The molecule has 1 fully saturated rings. The predicted molar refractivity (Wildman–Crippen MR) is 65.0 cm³/mol. The van der Waals surface area contributed by atoms with Crippen LogP contribution in [-0.4, -0.2) is 56.8 Å². The zero-order chi connectivity index (χ0) is 12.5.